The normalized spacial score (nSPS) is 11.1. The molecule has 2 rings (SSSR count). The number of ether oxygens (including phenoxy) is 2. The minimum atomic E-state index is -3.82. The Balaban J connectivity index is 2.30. The Morgan fingerprint density at radius 1 is 1.25 bits per heavy atom. The smallest absolute Gasteiger partial charge is 0.343 e. The summed E-state index contributed by atoms with van der Waals surface area (Å²) in [5, 5.41) is 9.06. The Morgan fingerprint density at radius 3 is 2.43 bits per heavy atom. The fourth-order valence-corrected chi connectivity index (χ4v) is 3.65. The number of esters is 1. The maximum atomic E-state index is 12.5. The van der Waals surface area contributed by atoms with Crippen LogP contribution in [0.25, 0.3) is 0 Å². The highest BCUT2D eigenvalue weighted by Gasteiger charge is 2.22. The first kappa shape index (κ1) is 21.8. The molecule has 0 saturated heterocycles. The van der Waals surface area contributed by atoms with E-state index < -0.39 is 16.0 Å². The number of carbonyl (C=O) groups excluding carboxylic acids is 1. The van der Waals surface area contributed by atoms with E-state index in [1.807, 2.05) is 6.07 Å². The Labute approximate surface area is 171 Å². The number of nitrogens with zero attached hydrogens (tertiary/aromatic N) is 2. The highest BCUT2D eigenvalue weighted by molar-refractivity contribution is 9.10. The molecule has 0 aliphatic heterocycles. The Bertz CT molecular complexity index is 1020. The van der Waals surface area contributed by atoms with Gasteiger partial charge >= 0.3 is 5.97 Å². The van der Waals surface area contributed by atoms with E-state index in [1.165, 1.54) is 50.6 Å². The molecule has 0 bridgehead atoms. The van der Waals surface area contributed by atoms with Gasteiger partial charge in [-0.15, -0.1) is 0 Å². The van der Waals surface area contributed by atoms with E-state index in [2.05, 4.69) is 15.9 Å². The zero-order chi connectivity index (χ0) is 20.9. The van der Waals surface area contributed by atoms with Gasteiger partial charge in [-0.3, -0.25) is 4.84 Å². The summed E-state index contributed by atoms with van der Waals surface area (Å²) in [4.78, 5) is 17.1. The number of nitriles is 1. The quantitative estimate of drug-likeness (QED) is 0.349. The van der Waals surface area contributed by atoms with Crippen LogP contribution in [-0.4, -0.2) is 39.6 Å². The zero-order valence-corrected chi connectivity index (χ0v) is 17.7. The van der Waals surface area contributed by atoms with Gasteiger partial charge < -0.3 is 9.47 Å². The Kier molecular flexibility index (Phi) is 7.15. The van der Waals surface area contributed by atoms with E-state index >= 15 is 0 Å². The first-order valence-corrected chi connectivity index (χ1v) is 10.2. The molecule has 0 amide bonds. The number of carbonyl (C=O) groups is 1. The zero-order valence-electron chi connectivity index (χ0n) is 15.3. The van der Waals surface area contributed by atoms with Crippen LogP contribution in [0.3, 0.4) is 0 Å². The van der Waals surface area contributed by atoms with Crippen molar-refractivity contribution in [3.63, 3.8) is 0 Å². The molecule has 0 radical (unpaired) electrons. The number of hydrogen-bond donors (Lipinski definition) is 0. The fraction of sp³-hybridized carbons (Fsp3) is 0.222. The molecular weight excluding hydrogens is 452 g/mol. The molecule has 0 saturated carbocycles. The third-order valence-electron chi connectivity index (χ3n) is 3.62. The second-order valence-corrected chi connectivity index (χ2v) is 8.13. The molecule has 0 atom stereocenters. The van der Waals surface area contributed by atoms with Crippen molar-refractivity contribution in [1.82, 2.24) is 4.47 Å². The number of halogens is 1. The molecule has 0 aliphatic carbocycles. The summed E-state index contributed by atoms with van der Waals surface area (Å²) in [6.07, 6.45) is 0. The van der Waals surface area contributed by atoms with Crippen molar-refractivity contribution in [3.05, 3.63) is 52.0 Å². The molecule has 10 heteroatoms. The van der Waals surface area contributed by atoms with Crippen molar-refractivity contribution < 1.29 is 27.5 Å². The van der Waals surface area contributed by atoms with E-state index in [9.17, 15) is 13.2 Å². The number of sulfonamides is 1. The predicted octanol–water partition coefficient (Wildman–Crippen LogP) is 3.12. The highest BCUT2D eigenvalue weighted by atomic mass is 79.9. The lowest BCUT2D eigenvalue weighted by molar-refractivity contribution is -0.0258. The highest BCUT2D eigenvalue weighted by Crippen LogP contribution is 2.37. The Morgan fingerprint density at radius 2 is 1.89 bits per heavy atom. The summed E-state index contributed by atoms with van der Waals surface area (Å²) >= 11 is 3.26. The topological polar surface area (TPSA) is 106 Å². The van der Waals surface area contributed by atoms with Crippen LogP contribution in [0.15, 0.2) is 45.8 Å². The van der Waals surface area contributed by atoms with E-state index in [4.69, 9.17) is 19.6 Å². The summed E-state index contributed by atoms with van der Waals surface area (Å²) in [6.45, 7) is 2.07. The molecule has 0 aromatic heterocycles. The average Bonchev–Trinajstić information content (AvgIpc) is 2.69. The summed E-state index contributed by atoms with van der Waals surface area (Å²) in [5.41, 5.74) is 0.477. The number of hydrogen-bond acceptors (Lipinski definition) is 7. The monoisotopic (exact) mass is 468 g/mol. The van der Waals surface area contributed by atoms with E-state index in [0.717, 1.165) is 0 Å². The van der Waals surface area contributed by atoms with Gasteiger partial charge in [0.1, 0.15) is 0 Å². The van der Waals surface area contributed by atoms with Crippen molar-refractivity contribution in [3.8, 4) is 17.6 Å². The number of rotatable bonds is 7. The van der Waals surface area contributed by atoms with Crippen molar-refractivity contribution >= 4 is 31.9 Å². The van der Waals surface area contributed by atoms with Gasteiger partial charge in [-0.05, 0) is 53.2 Å². The van der Waals surface area contributed by atoms with Gasteiger partial charge in [0.2, 0.25) is 0 Å². The second kappa shape index (κ2) is 9.16. The molecule has 0 aliphatic rings. The SMILES string of the molecule is CCOc1cc(C#N)cc(Br)c1OC(=O)c1ccc(S(=O)(=O)N(C)OC)cc1. The van der Waals surface area contributed by atoms with E-state index in [1.54, 1.807) is 6.92 Å². The maximum absolute atomic E-state index is 12.5. The molecule has 0 unspecified atom stereocenters. The van der Waals surface area contributed by atoms with Gasteiger partial charge in [-0.2, -0.15) is 5.26 Å². The van der Waals surface area contributed by atoms with Crippen molar-refractivity contribution in [2.24, 2.45) is 0 Å². The molecule has 2 aromatic rings. The largest absolute Gasteiger partial charge is 0.490 e. The van der Waals surface area contributed by atoms with Gasteiger partial charge in [0, 0.05) is 13.1 Å². The maximum Gasteiger partial charge on any atom is 0.343 e. The van der Waals surface area contributed by atoms with E-state index in [-0.39, 0.29) is 22.0 Å². The standard InChI is InChI=1S/C18H17BrN2O6S/c1-4-26-16-10-12(11-20)9-15(19)17(16)27-18(22)13-5-7-14(8-6-13)28(23,24)21(2)25-3/h5-10H,4H2,1-3H3. The molecule has 2 aromatic carbocycles. The molecule has 0 heterocycles. The molecule has 0 spiro atoms. The summed E-state index contributed by atoms with van der Waals surface area (Å²) in [7, 11) is -1.33. The number of hydroxylamine groups is 1. The van der Waals surface area contributed by atoms with Crippen LogP contribution in [0, 0.1) is 11.3 Å². The van der Waals surface area contributed by atoms with Crippen LogP contribution in [0.5, 0.6) is 11.5 Å². The molecule has 8 nitrogen and oxygen atoms in total. The second-order valence-electron chi connectivity index (χ2n) is 5.34. The van der Waals surface area contributed by atoms with Crippen molar-refractivity contribution in [1.29, 1.82) is 5.26 Å². The first-order valence-electron chi connectivity index (χ1n) is 7.96. The van der Waals surface area contributed by atoms with Crippen LogP contribution in [0.1, 0.15) is 22.8 Å². The number of benzene rings is 2. The fourth-order valence-electron chi connectivity index (χ4n) is 2.16. The molecule has 0 fully saturated rings. The van der Waals surface area contributed by atoms with Gasteiger partial charge in [-0.25, -0.2) is 13.2 Å². The van der Waals surface area contributed by atoms with Crippen LogP contribution < -0.4 is 9.47 Å². The van der Waals surface area contributed by atoms with Gasteiger partial charge in [0.25, 0.3) is 10.0 Å². The molecule has 148 valence electrons. The minimum Gasteiger partial charge on any atom is -0.490 e. The van der Waals surface area contributed by atoms with Crippen molar-refractivity contribution in [2.45, 2.75) is 11.8 Å². The molecule has 0 N–H and O–H groups in total. The lowest BCUT2D eigenvalue weighted by Crippen LogP contribution is -2.25. The minimum absolute atomic E-state index is 0.0389. The first-order chi connectivity index (χ1) is 13.2. The van der Waals surface area contributed by atoms with E-state index in [0.29, 0.717) is 21.1 Å². The third-order valence-corrected chi connectivity index (χ3v) is 5.90. The summed E-state index contributed by atoms with van der Waals surface area (Å²) in [6, 6.07) is 10.2. The van der Waals surface area contributed by atoms with Gasteiger partial charge in [0.15, 0.2) is 11.5 Å². The van der Waals surface area contributed by atoms with Crippen LogP contribution >= 0.6 is 15.9 Å². The molecular formula is C18H17BrN2O6S. The van der Waals surface area contributed by atoms with Gasteiger partial charge in [0.05, 0.1) is 40.3 Å². The summed E-state index contributed by atoms with van der Waals surface area (Å²) < 4.78 is 36.3. The molecule has 28 heavy (non-hydrogen) atoms. The average molecular weight is 469 g/mol. The predicted molar refractivity (Wildman–Crippen MR) is 103 cm³/mol. The lowest BCUT2D eigenvalue weighted by atomic mass is 10.2. The Hall–Kier alpha value is -2.45. The van der Waals surface area contributed by atoms with Crippen LogP contribution in [0.4, 0.5) is 0 Å². The summed E-state index contributed by atoms with van der Waals surface area (Å²) in [5.74, 6) is -0.347. The van der Waals surface area contributed by atoms with Crippen LogP contribution in [-0.2, 0) is 14.9 Å². The lowest BCUT2D eigenvalue weighted by Gasteiger charge is -2.15. The van der Waals surface area contributed by atoms with Crippen LogP contribution in [0.2, 0.25) is 0 Å². The third kappa shape index (κ3) is 4.69. The van der Waals surface area contributed by atoms with Crippen molar-refractivity contribution in [2.75, 3.05) is 20.8 Å². The van der Waals surface area contributed by atoms with Gasteiger partial charge in [-0.1, -0.05) is 4.47 Å².